The summed E-state index contributed by atoms with van der Waals surface area (Å²) in [7, 11) is 0. The predicted molar refractivity (Wildman–Crippen MR) is 85.7 cm³/mol. The molecule has 0 aromatic heterocycles. The van der Waals surface area contributed by atoms with Gasteiger partial charge in [-0.15, -0.1) is 0 Å². The third-order valence-corrected chi connectivity index (χ3v) is 3.43. The molecule has 0 saturated heterocycles. The first-order valence-corrected chi connectivity index (χ1v) is 7.43. The van der Waals surface area contributed by atoms with Crippen LogP contribution >= 0.6 is 0 Å². The van der Waals surface area contributed by atoms with E-state index in [1.54, 1.807) is 12.1 Å². The summed E-state index contributed by atoms with van der Waals surface area (Å²) in [4.78, 5) is 12.1. The Bertz CT molecular complexity index is 633. The van der Waals surface area contributed by atoms with Crippen molar-refractivity contribution in [3.63, 3.8) is 0 Å². The first-order chi connectivity index (χ1) is 10.6. The van der Waals surface area contributed by atoms with Crippen molar-refractivity contribution >= 4 is 11.6 Å². The number of halogens is 1. The molecule has 0 radical (unpaired) electrons. The summed E-state index contributed by atoms with van der Waals surface area (Å²) in [5.41, 5.74) is 3.05. The van der Waals surface area contributed by atoms with Crippen LogP contribution in [0.15, 0.2) is 42.5 Å². The normalized spacial score (nSPS) is 10.3. The van der Waals surface area contributed by atoms with Crippen molar-refractivity contribution in [1.29, 1.82) is 0 Å². The molecule has 2 aromatic rings. The summed E-state index contributed by atoms with van der Waals surface area (Å²) in [6.45, 7) is 3.95. The molecule has 0 spiro atoms. The quantitative estimate of drug-likeness (QED) is 0.877. The molecule has 1 amide bonds. The zero-order valence-electron chi connectivity index (χ0n) is 12.9. The molecular weight excluding hydrogens is 281 g/mol. The zero-order valence-corrected chi connectivity index (χ0v) is 12.9. The number of benzene rings is 2. The average molecular weight is 301 g/mol. The van der Waals surface area contributed by atoms with E-state index >= 15 is 0 Å². The zero-order chi connectivity index (χ0) is 15.9. The maximum atomic E-state index is 13.1. The van der Waals surface area contributed by atoms with Crippen LogP contribution in [0.2, 0.25) is 0 Å². The summed E-state index contributed by atoms with van der Waals surface area (Å²) < 4.78 is 18.4. The standard InChI is InChI=1S/C18H20FNO2/c1-3-13-7-5-8-14(4-2)18(13)20-17(21)12-22-16-10-6-9-15(19)11-16/h5-11H,3-4,12H2,1-2H3,(H,20,21). The van der Waals surface area contributed by atoms with Gasteiger partial charge >= 0.3 is 0 Å². The minimum atomic E-state index is -0.387. The molecule has 0 fully saturated rings. The molecule has 0 unspecified atom stereocenters. The summed E-state index contributed by atoms with van der Waals surface area (Å²) in [5, 5.41) is 2.91. The van der Waals surface area contributed by atoms with Crippen LogP contribution in [0.5, 0.6) is 5.75 Å². The molecule has 116 valence electrons. The second-order valence-corrected chi connectivity index (χ2v) is 4.95. The van der Waals surface area contributed by atoms with Gasteiger partial charge < -0.3 is 10.1 Å². The highest BCUT2D eigenvalue weighted by Gasteiger charge is 2.10. The molecule has 0 bridgehead atoms. The molecule has 0 saturated carbocycles. The number of hydrogen-bond donors (Lipinski definition) is 1. The largest absolute Gasteiger partial charge is 0.484 e. The fourth-order valence-electron chi connectivity index (χ4n) is 2.28. The number of carbonyl (C=O) groups excluding carboxylic acids is 1. The van der Waals surface area contributed by atoms with Crippen molar-refractivity contribution in [2.24, 2.45) is 0 Å². The Morgan fingerprint density at radius 1 is 1.09 bits per heavy atom. The molecule has 4 heteroatoms. The van der Waals surface area contributed by atoms with Crippen molar-refractivity contribution in [1.82, 2.24) is 0 Å². The number of anilines is 1. The molecule has 0 aliphatic heterocycles. The van der Waals surface area contributed by atoms with Crippen LogP contribution in [0, 0.1) is 5.82 Å². The van der Waals surface area contributed by atoms with E-state index in [1.165, 1.54) is 12.1 Å². The van der Waals surface area contributed by atoms with E-state index < -0.39 is 0 Å². The number of rotatable bonds is 6. The van der Waals surface area contributed by atoms with Crippen LogP contribution in [0.3, 0.4) is 0 Å². The van der Waals surface area contributed by atoms with E-state index in [4.69, 9.17) is 4.74 Å². The van der Waals surface area contributed by atoms with Gasteiger partial charge in [0, 0.05) is 11.8 Å². The highest BCUT2D eigenvalue weighted by atomic mass is 19.1. The topological polar surface area (TPSA) is 38.3 Å². The van der Waals surface area contributed by atoms with Gasteiger partial charge in [-0.1, -0.05) is 38.1 Å². The first-order valence-electron chi connectivity index (χ1n) is 7.43. The van der Waals surface area contributed by atoms with Gasteiger partial charge in [0.1, 0.15) is 11.6 Å². The number of aryl methyl sites for hydroxylation is 2. The van der Waals surface area contributed by atoms with Crippen LogP contribution in [-0.2, 0) is 17.6 Å². The Hall–Kier alpha value is -2.36. The van der Waals surface area contributed by atoms with E-state index in [9.17, 15) is 9.18 Å². The summed E-state index contributed by atoms with van der Waals surface area (Å²) >= 11 is 0. The second-order valence-electron chi connectivity index (χ2n) is 4.95. The Labute approximate surface area is 130 Å². The van der Waals surface area contributed by atoms with Gasteiger partial charge in [0.25, 0.3) is 5.91 Å². The summed E-state index contributed by atoms with van der Waals surface area (Å²) in [5.74, 6) is -0.294. The highest BCUT2D eigenvalue weighted by molar-refractivity contribution is 5.93. The number of para-hydroxylation sites is 1. The smallest absolute Gasteiger partial charge is 0.262 e. The van der Waals surface area contributed by atoms with Crippen molar-refractivity contribution in [2.45, 2.75) is 26.7 Å². The minimum absolute atomic E-state index is 0.148. The second kappa shape index (κ2) is 7.59. The first kappa shape index (κ1) is 16.0. The predicted octanol–water partition coefficient (Wildman–Crippen LogP) is 3.97. The lowest BCUT2D eigenvalue weighted by Gasteiger charge is -2.14. The van der Waals surface area contributed by atoms with Crippen LogP contribution in [0.4, 0.5) is 10.1 Å². The molecular formula is C18H20FNO2. The minimum Gasteiger partial charge on any atom is -0.484 e. The van der Waals surface area contributed by atoms with Gasteiger partial charge in [-0.3, -0.25) is 4.79 Å². The van der Waals surface area contributed by atoms with E-state index in [0.717, 1.165) is 29.7 Å². The van der Waals surface area contributed by atoms with E-state index in [0.29, 0.717) is 5.75 Å². The molecule has 0 aliphatic carbocycles. The summed E-state index contributed by atoms with van der Waals surface area (Å²) in [6, 6.07) is 11.8. The van der Waals surface area contributed by atoms with Gasteiger partial charge in [0.2, 0.25) is 0 Å². The highest BCUT2D eigenvalue weighted by Crippen LogP contribution is 2.22. The van der Waals surface area contributed by atoms with Gasteiger partial charge in [-0.05, 0) is 36.1 Å². The maximum Gasteiger partial charge on any atom is 0.262 e. The molecule has 2 rings (SSSR count). The van der Waals surface area contributed by atoms with Gasteiger partial charge in [0.05, 0.1) is 0 Å². The summed E-state index contributed by atoms with van der Waals surface area (Å²) in [6.07, 6.45) is 1.68. The lowest BCUT2D eigenvalue weighted by molar-refractivity contribution is -0.118. The fourth-order valence-corrected chi connectivity index (χ4v) is 2.28. The van der Waals surface area contributed by atoms with Crippen molar-refractivity contribution < 1.29 is 13.9 Å². The Morgan fingerprint density at radius 3 is 2.32 bits per heavy atom. The molecule has 2 aromatic carbocycles. The average Bonchev–Trinajstić information content (AvgIpc) is 2.53. The van der Waals surface area contributed by atoms with Gasteiger partial charge in [-0.2, -0.15) is 0 Å². The van der Waals surface area contributed by atoms with Crippen LogP contribution < -0.4 is 10.1 Å². The fraction of sp³-hybridized carbons (Fsp3) is 0.278. The lowest BCUT2D eigenvalue weighted by Crippen LogP contribution is -2.21. The lowest BCUT2D eigenvalue weighted by atomic mass is 10.0. The molecule has 22 heavy (non-hydrogen) atoms. The van der Waals surface area contributed by atoms with Crippen LogP contribution in [-0.4, -0.2) is 12.5 Å². The van der Waals surface area contributed by atoms with Crippen molar-refractivity contribution in [2.75, 3.05) is 11.9 Å². The van der Waals surface area contributed by atoms with Gasteiger partial charge in [-0.25, -0.2) is 4.39 Å². The molecule has 3 nitrogen and oxygen atoms in total. The maximum absolute atomic E-state index is 13.1. The molecule has 0 heterocycles. The number of amides is 1. The number of hydrogen-bond acceptors (Lipinski definition) is 2. The number of nitrogens with one attached hydrogen (secondary N) is 1. The van der Waals surface area contributed by atoms with E-state index in [-0.39, 0.29) is 18.3 Å². The van der Waals surface area contributed by atoms with Crippen molar-refractivity contribution in [3.8, 4) is 5.75 Å². The molecule has 0 atom stereocenters. The number of carbonyl (C=O) groups is 1. The Balaban J connectivity index is 2.03. The third-order valence-electron chi connectivity index (χ3n) is 3.43. The monoisotopic (exact) mass is 301 g/mol. The Morgan fingerprint density at radius 2 is 1.73 bits per heavy atom. The Kier molecular flexibility index (Phi) is 5.53. The molecule has 1 N–H and O–H groups in total. The van der Waals surface area contributed by atoms with Crippen molar-refractivity contribution in [3.05, 3.63) is 59.4 Å². The van der Waals surface area contributed by atoms with Crippen LogP contribution in [0.25, 0.3) is 0 Å². The van der Waals surface area contributed by atoms with Crippen LogP contribution in [0.1, 0.15) is 25.0 Å². The number of ether oxygens (including phenoxy) is 1. The third kappa shape index (κ3) is 4.07. The van der Waals surface area contributed by atoms with E-state index in [2.05, 4.69) is 5.32 Å². The SMILES string of the molecule is CCc1cccc(CC)c1NC(=O)COc1cccc(F)c1. The van der Waals surface area contributed by atoms with Gasteiger partial charge in [0.15, 0.2) is 6.61 Å². The molecule has 0 aliphatic rings. The van der Waals surface area contributed by atoms with E-state index in [1.807, 2.05) is 32.0 Å².